The summed E-state index contributed by atoms with van der Waals surface area (Å²) in [6.45, 7) is 0. The Balaban J connectivity index is 2.05. The van der Waals surface area contributed by atoms with Gasteiger partial charge in [0, 0.05) is 11.5 Å². The van der Waals surface area contributed by atoms with Crippen LogP contribution in [0.15, 0.2) is 60.7 Å². The summed E-state index contributed by atoms with van der Waals surface area (Å²) in [6, 6.07) is 21.7. The zero-order valence-corrected chi connectivity index (χ0v) is 10.8. The summed E-state index contributed by atoms with van der Waals surface area (Å²) in [5.41, 5.74) is 3.09. The molecule has 0 amide bonds. The highest BCUT2D eigenvalue weighted by molar-refractivity contribution is 5.39. The molecule has 1 aliphatic carbocycles. The van der Waals surface area contributed by atoms with Gasteiger partial charge in [-0.15, -0.1) is 0 Å². The van der Waals surface area contributed by atoms with Gasteiger partial charge in [0.1, 0.15) is 0 Å². The van der Waals surface area contributed by atoms with E-state index in [0.29, 0.717) is 5.92 Å². The lowest BCUT2D eigenvalue weighted by atomic mass is 9.83. The van der Waals surface area contributed by atoms with E-state index in [2.05, 4.69) is 73.0 Å². The molecule has 18 heavy (non-hydrogen) atoms. The van der Waals surface area contributed by atoms with Gasteiger partial charge in [0.05, 0.1) is 0 Å². The highest BCUT2D eigenvalue weighted by Gasteiger charge is 2.49. The SMILES string of the molecule is CNC1(C(c2ccccc2)c2ccccc2)CC1. The van der Waals surface area contributed by atoms with Crippen molar-refractivity contribution in [1.29, 1.82) is 0 Å². The molecule has 0 aromatic heterocycles. The van der Waals surface area contributed by atoms with Crippen molar-refractivity contribution < 1.29 is 0 Å². The van der Waals surface area contributed by atoms with E-state index in [1.165, 1.54) is 24.0 Å². The molecule has 2 aromatic rings. The molecule has 2 aromatic carbocycles. The minimum Gasteiger partial charge on any atom is -0.313 e. The number of likely N-dealkylation sites (N-methyl/N-ethyl adjacent to an activating group) is 1. The predicted octanol–water partition coefficient (Wildman–Crippen LogP) is 3.57. The number of benzene rings is 2. The first-order valence-corrected chi connectivity index (χ1v) is 6.64. The third-order valence-corrected chi connectivity index (χ3v) is 4.10. The smallest absolute Gasteiger partial charge is 0.0289 e. The van der Waals surface area contributed by atoms with Crippen molar-refractivity contribution in [2.45, 2.75) is 24.3 Å². The van der Waals surface area contributed by atoms with Crippen LogP contribution in [0.25, 0.3) is 0 Å². The first kappa shape index (κ1) is 11.5. The molecule has 1 heteroatoms. The summed E-state index contributed by atoms with van der Waals surface area (Å²) in [4.78, 5) is 0. The van der Waals surface area contributed by atoms with Crippen molar-refractivity contribution in [3.05, 3.63) is 71.8 Å². The lowest BCUT2D eigenvalue weighted by Crippen LogP contribution is -2.35. The van der Waals surface area contributed by atoms with Gasteiger partial charge in [0.2, 0.25) is 0 Å². The van der Waals surface area contributed by atoms with Crippen LogP contribution in [-0.4, -0.2) is 12.6 Å². The van der Waals surface area contributed by atoms with E-state index in [0.717, 1.165) is 0 Å². The van der Waals surface area contributed by atoms with Crippen LogP contribution in [-0.2, 0) is 0 Å². The molecule has 1 nitrogen and oxygen atoms in total. The maximum absolute atomic E-state index is 3.55. The second-order valence-corrected chi connectivity index (χ2v) is 5.16. The van der Waals surface area contributed by atoms with Crippen LogP contribution in [0, 0.1) is 0 Å². The van der Waals surface area contributed by atoms with E-state index in [-0.39, 0.29) is 5.54 Å². The standard InChI is InChI=1S/C17H19N/c1-18-17(12-13-17)16(14-8-4-2-5-9-14)15-10-6-3-7-11-15/h2-11,16,18H,12-13H2,1H3. The average Bonchev–Trinajstić information content (AvgIpc) is 3.23. The summed E-state index contributed by atoms with van der Waals surface area (Å²) in [7, 11) is 2.09. The van der Waals surface area contributed by atoms with E-state index in [4.69, 9.17) is 0 Å². The van der Waals surface area contributed by atoms with Gasteiger partial charge in [0.15, 0.2) is 0 Å². The van der Waals surface area contributed by atoms with Crippen LogP contribution in [0.4, 0.5) is 0 Å². The topological polar surface area (TPSA) is 12.0 Å². The summed E-state index contributed by atoms with van der Waals surface area (Å²) in [5.74, 6) is 0.463. The molecule has 0 spiro atoms. The first-order valence-electron chi connectivity index (χ1n) is 6.64. The summed E-state index contributed by atoms with van der Waals surface area (Å²) in [5, 5.41) is 3.55. The van der Waals surface area contributed by atoms with Gasteiger partial charge in [0.25, 0.3) is 0 Å². The zero-order valence-electron chi connectivity index (χ0n) is 10.8. The summed E-state index contributed by atoms with van der Waals surface area (Å²) < 4.78 is 0. The van der Waals surface area contributed by atoms with Crippen LogP contribution < -0.4 is 5.32 Å². The average molecular weight is 237 g/mol. The molecule has 1 aliphatic rings. The number of rotatable bonds is 4. The number of nitrogens with one attached hydrogen (secondary N) is 1. The molecule has 0 atom stereocenters. The molecule has 0 unspecified atom stereocenters. The molecule has 1 fully saturated rings. The van der Waals surface area contributed by atoms with Crippen molar-refractivity contribution in [1.82, 2.24) is 5.32 Å². The van der Waals surface area contributed by atoms with Gasteiger partial charge in [-0.3, -0.25) is 0 Å². The summed E-state index contributed by atoms with van der Waals surface area (Å²) in [6.07, 6.45) is 2.52. The Morgan fingerprint density at radius 1 is 0.833 bits per heavy atom. The second-order valence-electron chi connectivity index (χ2n) is 5.16. The molecular formula is C17H19N. The lowest BCUT2D eigenvalue weighted by Gasteiger charge is -2.28. The van der Waals surface area contributed by atoms with Crippen molar-refractivity contribution in [3.63, 3.8) is 0 Å². The molecule has 3 rings (SSSR count). The Kier molecular flexibility index (Phi) is 2.92. The largest absolute Gasteiger partial charge is 0.313 e. The Hall–Kier alpha value is -1.60. The van der Waals surface area contributed by atoms with Crippen LogP contribution in [0.1, 0.15) is 29.9 Å². The second kappa shape index (κ2) is 4.58. The van der Waals surface area contributed by atoms with Gasteiger partial charge in [-0.25, -0.2) is 0 Å². The molecule has 92 valence electrons. The number of hydrogen-bond donors (Lipinski definition) is 1. The zero-order chi connectivity index (χ0) is 12.4. The van der Waals surface area contributed by atoms with Crippen molar-refractivity contribution in [3.8, 4) is 0 Å². The normalized spacial score (nSPS) is 16.8. The van der Waals surface area contributed by atoms with Crippen molar-refractivity contribution in [2.24, 2.45) is 0 Å². The fourth-order valence-electron chi connectivity index (χ4n) is 2.94. The molecule has 0 saturated heterocycles. The maximum Gasteiger partial charge on any atom is 0.0289 e. The van der Waals surface area contributed by atoms with E-state index < -0.39 is 0 Å². The van der Waals surface area contributed by atoms with Crippen molar-refractivity contribution >= 4 is 0 Å². The lowest BCUT2D eigenvalue weighted by molar-refractivity contribution is 0.491. The van der Waals surface area contributed by atoms with Crippen LogP contribution >= 0.6 is 0 Å². The quantitative estimate of drug-likeness (QED) is 0.857. The molecule has 0 bridgehead atoms. The number of hydrogen-bond acceptors (Lipinski definition) is 1. The third-order valence-electron chi connectivity index (χ3n) is 4.10. The molecule has 1 N–H and O–H groups in total. The van der Waals surface area contributed by atoms with Crippen molar-refractivity contribution in [2.75, 3.05) is 7.05 Å². The first-order chi connectivity index (χ1) is 8.86. The van der Waals surface area contributed by atoms with E-state index in [1.807, 2.05) is 0 Å². The maximum atomic E-state index is 3.55. The van der Waals surface area contributed by atoms with Crippen LogP contribution in [0.2, 0.25) is 0 Å². The van der Waals surface area contributed by atoms with Gasteiger partial charge in [-0.05, 0) is 31.0 Å². The third kappa shape index (κ3) is 1.95. The Morgan fingerprint density at radius 2 is 1.28 bits per heavy atom. The minimum atomic E-state index is 0.267. The summed E-state index contributed by atoms with van der Waals surface area (Å²) >= 11 is 0. The van der Waals surface area contributed by atoms with E-state index >= 15 is 0 Å². The van der Waals surface area contributed by atoms with Gasteiger partial charge in [-0.1, -0.05) is 60.7 Å². The van der Waals surface area contributed by atoms with E-state index in [9.17, 15) is 0 Å². The molecule has 0 heterocycles. The Morgan fingerprint density at radius 3 is 1.61 bits per heavy atom. The Labute approximate surface area is 109 Å². The Bertz CT molecular complexity index is 460. The monoisotopic (exact) mass is 237 g/mol. The fraction of sp³-hybridized carbons (Fsp3) is 0.294. The van der Waals surface area contributed by atoms with E-state index in [1.54, 1.807) is 0 Å². The van der Waals surface area contributed by atoms with Gasteiger partial charge in [-0.2, -0.15) is 0 Å². The fourth-order valence-corrected chi connectivity index (χ4v) is 2.94. The molecule has 0 radical (unpaired) electrons. The minimum absolute atomic E-state index is 0.267. The van der Waals surface area contributed by atoms with Crippen LogP contribution in [0.5, 0.6) is 0 Å². The van der Waals surface area contributed by atoms with Gasteiger partial charge >= 0.3 is 0 Å². The molecular weight excluding hydrogens is 218 g/mol. The highest BCUT2D eigenvalue weighted by Crippen LogP contribution is 2.50. The van der Waals surface area contributed by atoms with Gasteiger partial charge < -0.3 is 5.32 Å². The molecule has 1 saturated carbocycles. The predicted molar refractivity (Wildman–Crippen MR) is 75.8 cm³/mol. The molecule has 0 aliphatic heterocycles. The van der Waals surface area contributed by atoms with Crippen LogP contribution in [0.3, 0.4) is 0 Å². The highest BCUT2D eigenvalue weighted by atomic mass is 15.0.